The molecule has 0 fully saturated rings. The topological polar surface area (TPSA) is 133 Å². The van der Waals surface area contributed by atoms with Gasteiger partial charge in [-0.25, -0.2) is 22.8 Å². The Bertz CT molecular complexity index is 1130. The van der Waals surface area contributed by atoms with Crippen molar-refractivity contribution in [3.8, 4) is 5.75 Å². The fourth-order valence-electron chi connectivity index (χ4n) is 2.19. The van der Waals surface area contributed by atoms with Crippen molar-refractivity contribution in [3.05, 3.63) is 63.5 Å². The third-order valence-corrected chi connectivity index (χ3v) is 3.61. The van der Waals surface area contributed by atoms with Crippen LogP contribution in [0.5, 0.6) is 5.75 Å². The summed E-state index contributed by atoms with van der Waals surface area (Å²) in [4.78, 5) is 22.9. The normalized spacial score (nSPS) is 10.4. The number of rotatable bonds is 2. The number of carbonyl (C=O) groups excluding carboxylic acids is 1. The van der Waals surface area contributed by atoms with Crippen LogP contribution in [0.2, 0.25) is 0 Å². The number of anilines is 1. The molecule has 0 radical (unpaired) electrons. The van der Waals surface area contributed by atoms with Crippen molar-refractivity contribution in [1.82, 2.24) is 0 Å². The number of halogens is 4. The zero-order chi connectivity index (χ0) is 21.9. The van der Waals surface area contributed by atoms with E-state index in [0.29, 0.717) is 0 Å². The SMILES string of the molecule is CCOC(=O)c1c([O-])c2c(F)c(F)c(F)c(F)c2oc1=O.Nc1ccccc1[NH3+]. The summed E-state index contributed by atoms with van der Waals surface area (Å²) in [6, 6.07) is 7.53. The van der Waals surface area contributed by atoms with Gasteiger partial charge < -0.3 is 25.7 Å². The Kier molecular flexibility index (Phi) is 6.44. The highest BCUT2D eigenvalue weighted by atomic mass is 19.2. The van der Waals surface area contributed by atoms with Crippen molar-refractivity contribution < 1.29 is 42.4 Å². The second kappa shape index (κ2) is 8.61. The molecular weight excluding hydrogens is 400 g/mol. The van der Waals surface area contributed by atoms with Crippen LogP contribution in [0.4, 0.5) is 28.9 Å². The maximum absolute atomic E-state index is 13.6. The van der Waals surface area contributed by atoms with Crippen LogP contribution in [0.1, 0.15) is 17.3 Å². The summed E-state index contributed by atoms with van der Waals surface area (Å²) in [7, 11) is 0. The van der Waals surface area contributed by atoms with Crippen molar-refractivity contribution in [3.63, 3.8) is 0 Å². The summed E-state index contributed by atoms with van der Waals surface area (Å²) in [5.41, 5.74) is 6.50. The Balaban J connectivity index is 0.000000313. The predicted molar refractivity (Wildman–Crippen MR) is 91.1 cm³/mol. The lowest BCUT2D eigenvalue weighted by Gasteiger charge is -2.15. The highest BCUT2D eigenvalue weighted by molar-refractivity contribution is 5.98. The molecule has 3 rings (SSSR count). The third-order valence-electron chi connectivity index (χ3n) is 3.61. The maximum Gasteiger partial charge on any atom is 0.350 e. The molecule has 5 N–H and O–H groups in total. The van der Waals surface area contributed by atoms with E-state index in [4.69, 9.17) is 5.73 Å². The van der Waals surface area contributed by atoms with Crippen molar-refractivity contribution in [2.24, 2.45) is 0 Å². The molecule has 0 aliphatic heterocycles. The average Bonchev–Trinajstić information content (AvgIpc) is 2.67. The van der Waals surface area contributed by atoms with Crippen molar-refractivity contribution in [2.75, 3.05) is 12.3 Å². The Labute approximate surface area is 160 Å². The lowest BCUT2D eigenvalue weighted by molar-refractivity contribution is -0.266. The maximum atomic E-state index is 13.6. The fraction of sp³-hybridized carbons (Fsp3) is 0.111. The second-order valence-electron chi connectivity index (χ2n) is 5.47. The van der Waals surface area contributed by atoms with Gasteiger partial charge in [0.15, 0.2) is 22.9 Å². The first-order valence-electron chi connectivity index (χ1n) is 7.95. The van der Waals surface area contributed by atoms with Gasteiger partial charge in [-0.1, -0.05) is 17.9 Å². The summed E-state index contributed by atoms with van der Waals surface area (Å²) < 4.78 is 61.7. The van der Waals surface area contributed by atoms with E-state index in [2.05, 4.69) is 14.9 Å². The quantitative estimate of drug-likeness (QED) is 0.164. The lowest BCUT2D eigenvalue weighted by Crippen LogP contribution is -2.40. The minimum absolute atomic E-state index is 0.218. The van der Waals surface area contributed by atoms with E-state index >= 15 is 0 Å². The Morgan fingerprint density at radius 3 is 2.24 bits per heavy atom. The molecule has 7 nitrogen and oxygen atoms in total. The van der Waals surface area contributed by atoms with E-state index in [1.807, 2.05) is 24.3 Å². The molecule has 29 heavy (non-hydrogen) atoms. The highest BCUT2D eigenvalue weighted by Crippen LogP contribution is 2.32. The number of nitrogen functional groups attached to an aromatic ring is 1. The van der Waals surface area contributed by atoms with Crippen LogP contribution in [0, 0.1) is 23.3 Å². The first-order chi connectivity index (χ1) is 13.6. The molecule has 1 aromatic heterocycles. The van der Waals surface area contributed by atoms with Gasteiger partial charge in [0.05, 0.1) is 17.7 Å². The van der Waals surface area contributed by atoms with E-state index in [1.54, 1.807) is 0 Å². The van der Waals surface area contributed by atoms with Crippen LogP contribution in [-0.4, -0.2) is 12.6 Å². The number of carbonyl (C=O) groups is 1. The van der Waals surface area contributed by atoms with Gasteiger partial charge in [0.2, 0.25) is 11.6 Å². The number of ether oxygens (including phenoxy) is 1. The Morgan fingerprint density at radius 1 is 1.14 bits per heavy atom. The monoisotopic (exact) mass is 414 g/mol. The molecule has 1 heterocycles. The van der Waals surface area contributed by atoms with Gasteiger partial charge in [-0.15, -0.1) is 0 Å². The molecule has 154 valence electrons. The van der Waals surface area contributed by atoms with Gasteiger partial charge in [-0.3, -0.25) is 0 Å². The molecule has 11 heteroatoms. The van der Waals surface area contributed by atoms with Gasteiger partial charge in [0.25, 0.3) is 0 Å². The summed E-state index contributed by atoms with van der Waals surface area (Å²) in [5, 5.41) is 10.5. The summed E-state index contributed by atoms with van der Waals surface area (Å²) in [6.07, 6.45) is 0. The summed E-state index contributed by atoms with van der Waals surface area (Å²) in [6.45, 7) is 1.14. The van der Waals surface area contributed by atoms with Gasteiger partial charge in [-0.2, -0.15) is 4.39 Å². The van der Waals surface area contributed by atoms with E-state index in [-0.39, 0.29) is 6.61 Å². The zero-order valence-electron chi connectivity index (χ0n) is 14.9. The number of esters is 1. The first-order valence-corrected chi connectivity index (χ1v) is 7.95. The number of hydrogen-bond donors (Lipinski definition) is 2. The molecule has 0 aliphatic rings. The molecule has 0 aliphatic carbocycles. The van der Waals surface area contributed by atoms with E-state index in [9.17, 15) is 32.3 Å². The fourth-order valence-corrected chi connectivity index (χ4v) is 2.19. The second-order valence-corrected chi connectivity index (χ2v) is 5.47. The molecule has 0 spiro atoms. The number of nitrogens with two attached hydrogens (primary N) is 1. The van der Waals surface area contributed by atoms with E-state index < -0.39 is 57.1 Å². The number of quaternary nitrogens is 1. The number of hydrogen-bond acceptors (Lipinski definition) is 6. The van der Waals surface area contributed by atoms with Crippen LogP contribution >= 0.6 is 0 Å². The minimum Gasteiger partial charge on any atom is -0.871 e. The smallest absolute Gasteiger partial charge is 0.350 e. The minimum atomic E-state index is -2.26. The van der Waals surface area contributed by atoms with E-state index in [0.717, 1.165) is 11.4 Å². The molecule has 0 atom stereocenters. The van der Waals surface area contributed by atoms with Crippen molar-refractivity contribution in [2.45, 2.75) is 6.92 Å². The largest absolute Gasteiger partial charge is 0.871 e. The molecule has 0 unspecified atom stereocenters. The summed E-state index contributed by atoms with van der Waals surface area (Å²) >= 11 is 0. The average molecular weight is 414 g/mol. The Hall–Kier alpha value is -3.60. The van der Waals surface area contributed by atoms with Crippen LogP contribution in [0.25, 0.3) is 11.0 Å². The number of benzene rings is 2. The molecule has 0 amide bonds. The molecule has 2 aromatic carbocycles. The van der Waals surface area contributed by atoms with Crippen LogP contribution in [0.3, 0.4) is 0 Å². The van der Waals surface area contributed by atoms with Gasteiger partial charge in [-0.05, 0) is 13.0 Å². The van der Waals surface area contributed by atoms with Gasteiger partial charge in [0, 0.05) is 6.07 Å². The van der Waals surface area contributed by atoms with Gasteiger partial charge >= 0.3 is 11.6 Å². The molecule has 0 bridgehead atoms. The van der Waals surface area contributed by atoms with Crippen LogP contribution in [0.15, 0.2) is 33.5 Å². The molecular formula is C18H14F4N2O5. The zero-order valence-corrected chi connectivity index (χ0v) is 14.9. The Morgan fingerprint density at radius 2 is 1.72 bits per heavy atom. The van der Waals surface area contributed by atoms with Crippen LogP contribution < -0.4 is 22.2 Å². The predicted octanol–water partition coefficient (Wildman–Crippen LogP) is 1.74. The third kappa shape index (κ3) is 4.14. The number of para-hydroxylation sites is 1. The van der Waals surface area contributed by atoms with Crippen molar-refractivity contribution in [1.29, 1.82) is 0 Å². The summed E-state index contributed by atoms with van der Waals surface area (Å²) in [5.74, 6) is -11.7. The number of fused-ring (bicyclic) bond motifs is 1. The first kappa shape index (κ1) is 21.7. The molecule has 0 saturated heterocycles. The van der Waals surface area contributed by atoms with Crippen LogP contribution in [-0.2, 0) is 4.74 Å². The van der Waals surface area contributed by atoms with E-state index in [1.165, 1.54) is 6.92 Å². The van der Waals surface area contributed by atoms with Gasteiger partial charge in [0.1, 0.15) is 5.56 Å². The standard InChI is InChI=1S/C12H6F4O5.C6H8N2/c1-2-20-11(18)4-9(17)3-5(13)6(14)7(15)8(16)10(3)21-12(4)19;7-5-3-1-2-4-6(5)8/h17H,2H2,1H3;1-4H,7-8H2. The molecule has 0 saturated carbocycles. The van der Waals surface area contributed by atoms with Crippen molar-refractivity contribution >= 4 is 28.3 Å². The highest BCUT2D eigenvalue weighted by Gasteiger charge is 2.26. The lowest BCUT2D eigenvalue weighted by atomic mass is 10.1. The molecule has 3 aromatic rings.